The number of carboxylic acid groups (broad SMARTS) is 1. The second kappa shape index (κ2) is 6.26. The number of hydrogen-bond acceptors (Lipinski definition) is 2. The molecule has 0 bridgehead atoms. The Labute approximate surface area is 114 Å². The third-order valence-electron chi connectivity index (χ3n) is 4.50. The first-order valence-corrected chi connectivity index (χ1v) is 7.38. The van der Waals surface area contributed by atoms with E-state index in [4.69, 9.17) is 5.11 Å². The Morgan fingerprint density at radius 2 is 1.79 bits per heavy atom. The minimum atomic E-state index is -0.776. The van der Waals surface area contributed by atoms with Gasteiger partial charge in [-0.3, -0.25) is 4.79 Å². The van der Waals surface area contributed by atoms with Crippen LogP contribution in [0.1, 0.15) is 39.0 Å². The lowest BCUT2D eigenvalue weighted by Gasteiger charge is -2.38. The number of amides is 2. The standard InChI is InChI=1S/C14H24N2O3/c1-2-11-5-8-15(9-6-11)14(19)16-7-3-4-12(10-16)13(17)18/h11-12H,2-10H2,1H3,(H,17,18). The third-order valence-corrected chi connectivity index (χ3v) is 4.50. The number of nitrogens with zero attached hydrogens (tertiary/aromatic N) is 2. The van der Waals surface area contributed by atoms with E-state index in [9.17, 15) is 9.59 Å². The molecule has 1 atom stereocenters. The summed E-state index contributed by atoms with van der Waals surface area (Å²) in [6.07, 6.45) is 4.84. The van der Waals surface area contributed by atoms with Crippen molar-refractivity contribution in [2.45, 2.75) is 39.0 Å². The van der Waals surface area contributed by atoms with Crippen molar-refractivity contribution < 1.29 is 14.7 Å². The number of likely N-dealkylation sites (tertiary alicyclic amines) is 2. The molecule has 2 fully saturated rings. The van der Waals surface area contributed by atoms with Crippen LogP contribution in [0.5, 0.6) is 0 Å². The summed E-state index contributed by atoms with van der Waals surface area (Å²) in [7, 11) is 0. The Morgan fingerprint density at radius 3 is 2.37 bits per heavy atom. The topological polar surface area (TPSA) is 60.9 Å². The zero-order valence-corrected chi connectivity index (χ0v) is 11.7. The van der Waals surface area contributed by atoms with E-state index in [-0.39, 0.29) is 11.9 Å². The summed E-state index contributed by atoms with van der Waals surface area (Å²) in [5.74, 6) is -0.412. The molecule has 108 valence electrons. The van der Waals surface area contributed by atoms with Gasteiger partial charge in [-0.05, 0) is 31.6 Å². The third kappa shape index (κ3) is 3.39. The molecular formula is C14H24N2O3. The van der Waals surface area contributed by atoms with E-state index in [1.165, 1.54) is 6.42 Å². The van der Waals surface area contributed by atoms with E-state index in [1.54, 1.807) is 4.90 Å². The predicted molar refractivity (Wildman–Crippen MR) is 71.9 cm³/mol. The molecule has 2 saturated heterocycles. The molecule has 0 aliphatic carbocycles. The number of carboxylic acids is 1. The molecule has 0 aromatic heterocycles. The van der Waals surface area contributed by atoms with Crippen LogP contribution >= 0.6 is 0 Å². The first kappa shape index (κ1) is 14.2. The van der Waals surface area contributed by atoms with Gasteiger partial charge in [0.2, 0.25) is 0 Å². The number of urea groups is 1. The Kier molecular flexibility index (Phi) is 4.66. The van der Waals surface area contributed by atoms with Gasteiger partial charge < -0.3 is 14.9 Å². The maximum Gasteiger partial charge on any atom is 0.320 e. The van der Waals surface area contributed by atoms with Gasteiger partial charge in [-0.15, -0.1) is 0 Å². The van der Waals surface area contributed by atoms with E-state index in [2.05, 4.69) is 6.92 Å². The fourth-order valence-corrected chi connectivity index (χ4v) is 3.08. The number of aliphatic carboxylic acids is 1. The molecule has 2 heterocycles. The molecule has 5 nitrogen and oxygen atoms in total. The quantitative estimate of drug-likeness (QED) is 0.833. The Hall–Kier alpha value is -1.26. The van der Waals surface area contributed by atoms with Crippen molar-refractivity contribution in [2.75, 3.05) is 26.2 Å². The minimum absolute atomic E-state index is 0.0421. The van der Waals surface area contributed by atoms with Crippen LogP contribution in [0.25, 0.3) is 0 Å². The van der Waals surface area contributed by atoms with Crippen molar-refractivity contribution in [1.82, 2.24) is 9.80 Å². The van der Waals surface area contributed by atoms with E-state index in [0.29, 0.717) is 19.5 Å². The average molecular weight is 268 g/mol. The first-order valence-electron chi connectivity index (χ1n) is 7.38. The van der Waals surface area contributed by atoms with Gasteiger partial charge in [0, 0.05) is 26.2 Å². The van der Waals surface area contributed by atoms with Gasteiger partial charge in [0.1, 0.15) is 0 Å². The number of piperidine rings is 2. The lowest BCUT2D eigenvalue weighted by Crippen LogP contribution is -2.50. The largest absolute Gasteiger partial charge is 0.481 e. The molecule has 0 spiro atoms. The summed E-state index contributed by atoms with van der Waals surface area (Å²) >= 11 is 0. The van der Waals surface area contributed by atoms with Gasteiger partial charge in [-0.2, -0.15) is 0 Å². The normalized spacial score (nSPS) is 25.4. The second-order valence-corrected chi connectivity index (χ2v) is 5.74. The zero-order valence-electron chi connectivity index (χ0n) is 11.7. The summed E-state index contributed by atoms with van der Waals surface area (Å²) in [5, 5.41) is 9.06. The number of carbonyl (C=O) groups is 2. The Balaban J connectivity index is 1.87. The molecule has 5 heteroatoms. The molecule has 0 saturated carbocycles. The summed E-state index contributed by atoms with van der Waals surface area (Å²) in [6.45, 7) is 4.93. The smallest absolute Gasteiger partial charge is 0.320 e. The van der Waals surface area contributed by atoms with Gasteiger partial charge in [-0.25, -0.2) is 4.79 Å². The molecule has 2 aliphatic heterocycles. The highest BCUT2D eigenvalue weighted by Gasteiger charge is 2.31. The van der Waals surface area contributed by atoms with Gasteiger partial charge in [0.25, 0.3) is 0 Å². The van der Waals surface area contributed by atoms with Crippen molar-refractivity contribution >= 4 is 12.0 Å². The molecule has 0 radical (unpaired) electrons. The summed E-state index contributed by atoms with van der Waals surface area (Å²) in [4.78, 5) is 27.0. The molecule has 1 unspecified atom stereocenters. The second-order valence-electron chi connectivity index (χ2n) is 5.74. The SMILES string of the molecule is CCC1CCN(C(=O)N2CCCC(C(=O)O)C2)CC1. The molecule has 2 rings (SSSR count). The van der Waals surface area contributed by atoms with Crippen molar-refractivity contribution in [3.63, 3.8) is 0 Å². The van der Waals surface area contributed by atoms with Crippen molar-refractivity contribution in [1.29, 1.82) is 0 Å². The van der Waals surface area contributed by atoms with E-state index in [0.717, 1.165) is 38.3 Å². The molecule has 1 N–H and O–H groups in total. The molecule has 19 heavy (non-hydrogen) atoms. The first-order chi connectivity index (χ1) is 9.11. The fourth-order valence-electron chi connectivity index (χ4n) is 3.08. The highest BCUT2D eigenvalue weighted by molar-refractivity contribution is 5.76. The van der Waals surface area contributed by atoms with Crippen LogP contribution < -0.4 is 0 Å². The monoisotopic (exact) mass is 268 g/mol. The van der Waals surface area contributed by atoms with Crippen LogP contribution in [0.3, 0.4) is 0 Å². The van der Waals surface area contributed by atoms with Crippen LogP contribution in [0.15, 0.2) is 0 Å². The molecule has 0 aromatic carbocycles. The van der Waals surface area contributed by atoms with Crippen LogP contribution in [0, 0.1) is 11.8 Å². The number of rotatable bonds is 2. The maximum absolute atomic E-state index is 12.4. The lowest BCUT2D eigenvalue weighted by atomic mass is 9.94. The number of carbonyl (C=O) groups excluding carboxylic acids is 1. The molecular weight excluding hydrogens is 244 g/mol. The summed E-state index contributed by atoms with van der Waals surface area (Å²) in [5.41, 5.74) is 0. The van der Waals surface area contributed by atoms with Crippen LogP contribution in [-0.2, 0) is 4.79 Å². The van der Waals surface area contributed by atoms with E-state index in [1.807, 2.05) is 4.90 Å². The van der Waals surface area contributed by atoms with Crippen LogP contribution in [0.2, 0.25) is 0 Å². The average Bonchev–Trinajstić information content (AvgIpc) is 2.46. The summed E-state index contributed by atoms with van der Waals surface area (Å²) < 4.78 is 0. The van der Waals surface area contributed by atoms with Gasteiger partial charge >= 0.3 is 12.0 Å². The number of hydrogen-bond donors (Lipinski definition) is 1. The Morgan fingerprint density at radius 1 is 1.11 bits per heavy atom. The molecule has 0 aromatic rings. The van der Waals surface area contributed by atoms with Crippen molar-refractivity contribution in [3.8, 4) is 0 Å². The van der Waals surface area contributed by atoms with Gasteiger partial charge in [0.05, 0.1) is 5.92 Å². The summed E-state index contributed by atoms with van der Waals surface area (Å²) in [6, 6.07) is 0.0421. The van der Waals surface area contributed by atoms with Gasteiger partial charge in [0.15, 0.2) is 0 Å². The highest BCUT2D eigenvalue weighted by atomic mass is 16.4. The fraction of sp³-hybridized carbons (Fsp3) is 0.857. The lowest BCUT2D eigenvalue weighted by molar-refractivity contribution is -0.143. The van der Waals surface area contributed by atoms with Crippen molar-refractivity contribution in [3.05, 3.63) is 0 Å². The minimum Gasteiger partial charge on any atom is -0.481 e. The maximum atomic E-state index is 12.4. The van der Waals surface area contributed by atoms with E-state index >= 15 is 0 Å². The zero-order chi connectivity index (χ0) is 13.8. The van der Waals surface area contributed by atoms with E-state index < -0.39 is 5.97 Å². The molecule has 2 amide bonds. The highest BCUT2D eigenvalue weighted by Crippen LogP contribution is 2.23. The van der Waals surface area contributed by atoms with Crippen LogP contribution in [-0.4, -0.2) is 53.1 Å². The van der Waals surface area contributed by atoms with Crippen LogP contribution in [0.4, 0.5) is 4.79 Å². The molecule has 2 aliphatic rings. The predicted octanol–water partition coefficient (Wildman–Crippen LogP) is 2.03. The van der Waals surface area contributed by atoms with Gasteiger partial charge in [-0.1, -0.05) is 13.3 Å². The van der Waals surface area contributed by atoms with Crippen molar-refractivity contribution in [2.24, 2.45) is 11.8 Å². The Bertz CT molecular complexity index is 338.